The molecule has 0 radical (unpaired) electrons. The number of hydrogen-bond acceptors (Lipinski definition) is 3. The summed E-state index contributed by atoms with van der Waals surface area (Å²) in [4.78, 5) is 13.0. The Balaban J connectivity index is 1.97. The Hall–Kier alpha value is -1.59. The van der Waals surface area contributed by atoms with Crippen molar-refractivity contribution in [2.75, 3.05) is 6.61 Å². The summed E-state index contributed by atoms with van der Waals surface area (Å²) in [6.07, 6.45) is 0.0411. The summed E-state index contributed by atoms with van der Waals surface area (Å²) in [5.74, 6) is 0. The molecule has 1 fully saturated rings. The Kier molecular flexibility index (Phi) is 4.78. The molecule has 0 saturated heterocycles. The molecule has 1 saturated carbocycles. The summed E-state index contributed by atoms with van der Waals surface area (Å²) < 4.78 is 5.83. The molecule has 0 aliphatic heterocycles. The van der Waals surface area contributed by atoms with Crippen LogP contribution in [0, 0.1) is 0 Å². The van der Waals surface area contributed by atoms with E-state index in [9.17, 15) is 15.0 Å². The fourth-order valence-corrected chi connectivity index (χ4v) is 3.28. The minimum atomic E-state index is -0.997. The Morgan fingerprint density at radius 3 is 2.36 bits per heavy atom. The molecule has 1 aliphatic rings. The van der Waals surface area contributed by atoms with Crippen molar-refractivity contribution in [2.24, 2.45) is 0 Å². The molecule has 5 heteroatoms. The van der Waals surface area contributed by atoms with Crippen LogP contribution in [0.3, 0.4) is 0 Å². The molecule has 1 aromatic carbocycles. The molecule has 1 aromatic rings. The number of ether oxygens (including phenoxy) is 1. The molecule has 22 heavy (non-hydrogen) atoms. The number of aliphatic hydroxyl groups is 1. The van der Waals surface area contributed by atoms with Crippen molar-refractivity contribution in [2.45, 2.75) is 57.4 Å². The maximum absolute atomic E-state index is 11.6. The summed E-state index contributed by atoms with van der Waals surface area (Å²) in [6.45, 7) is 5.86. The number of carbonyl (C=O) groups is 1. The lowest BCUT2D eigenvalue weighted by molar-refractivity contribution is -0.141. The molecule has 0 spiro atoms. The van der Waals surface area contributed by atoms with E-state index < -0.39 is 17.2 Å². The molecule has 2 N–H and O–H groups in total. The first-order valence-electron chi connectivity index (χ1n) is 7.58. The van der Waals surface area contributed by atoms with E-state index in [4.69, 9.17) is 4.74 Å². The SMILES string of the molecule is CC(C)(C)N(C(=O)O)C1(CO)CC(OCc2ccccc2)C1. The molecule has 0 heterocycles. The van der Waals surface area contributed by atoms with Crippen LogP contribution < -0.4 is 0 Å². The second-order valence-corrected chi connectivity index (χ2v) is 7.00. The van der Waals surface area contributed by atoms with Crippen molar-refractivity contribution in [3.05, 3.63) is 35.9 Å². The molecule has 0 bridgehead atoms. The van der Waals surface area contributed by atoms with Gasteiger partial charge in [-0.2, -0.15) is 0 Å². The van der Waals surface area contributed by atoms with E-state index in [0.29, 0.717) is 19.4 Å². The van der Waals surface area contributed by atoms with Crippen molar-refractivity contribution in [1.29, 1.82) is 0 Å². The van der Waals surface area contributed by atoms with Crippen molar-refractivity contribution in [3.63, 3.8) is 0 Å². The van der Waals surface area contributed by atoms with Gasteiger partial charge in [0, 0.05) is 5.54 Å². The quantitative estimate of drug-likeness (QED) is 0.877. The van der Waals surface area contributed by atoms with Gasteiger partial charge in [-0.3, -0.25) is 4.90 Å². The second-order valence-electron chi connectivity index (χ2n) is 7.00. The van der Waals surface area contributed by atoms with Crippen LogP contribution in [0.15, 0.2) is 30.3 Å². The van der Waals surface area contributed by atoms with Crippen LogP contribution in [0.25, 0.3) is 0 Å². The minimum Gasteiger partial charge on any atom is -0.465 e. The van der Waals surface area contributed by atoms with Crippen LogP contribution in [0.1, 0.15) is 39.2 Å². The zero-order valence-corrected chi connectivity index (χ0v) is 13.5. The van der Waals surface area contributed by atoms with Crippen LogP contribution in [0.5, 0.6) is 0 Å². The highest BCUT2D eigenvalue weighted by Crippen LogP contribution is 2.43. The first-order valence-corrected chi connectivity index (χ1v) is 7.58. The Morgan fingerprint density at radius 1 is 1.32 bits per heavy atom. The normalized spacial score (nSPS) is 24.6. The molecular formula is C17H25NO4. The van der Waals surface area contributed by atoms with Gasteiger partial charge in [0.1, 0.15) is 0 Å². The van der Waals surface area contributed by atoms with E-state index in [0.717, 1.165) is 5.56 Å². The summed E-state index contributed by atoms with van der Waals surface area (Å²) in [5.41, 5.74) is -0.195. The topological polar surface area (TPSA) is 70.0 Å². The molecule has 0 atom stereocenters. The summed E-state index contributed by atoms with van der Waals surface area (Å²) in [7, 11) is 0. The molecule has 1 amide bonds. The average Bonchev–Trinajstić information content (AvgIpc) is 2.40. The maximum Gasteiger partial charge on any atom is 0.408 e. The number of benzene rings is 1. The van der Waals surface area contributed by atoms with E-state index >= 15 is 0 Å². The van der Waals surface area contributed by atoms with Gasteiger partial charge in [-0.15, -0.1) is 0 Å². The minimum absolute atomic E-state index is 0.0171. The largest absolute Gasteiger partial charge is 0.465 e. The van der Waals surface area contributed by atoms with E-state index in [-0.39, 0.29) is 12.7 Å². The van der Waals surface area contributed by atoms with Crippen LogP contribution >= 0.6 is 0 Å². The van der Waals surface area contributed by atoms with Gasteiger partial charge < -0.3 is 14.9 Å². The van der Waals surface area contributed by atoms with Crippen molar-refractivity contribution in [1.82, 2.24) is 4.90 Å². The zero-order chi connectivity index (χ0) is 16.4. The molecule has 1 aliphatic carbocycles. The van der Waals surface area contributed by atoms with Gasteiger partial charge in [-0.1, -0.05) is 30.3 Å². The molecule has 0 aromatic heterocycles. The number of carboxylic acid groups (broad SMARTS) is 1. The van der Waals surface area contributed by atoms with Gasteiger partial charge in [0.05, 0.1) is 24.9 Å². The number of nitrogens with zero attached hydrogens (tertiary/aromatic N) is 1. The highest BCUT2D eigenvalue weighted by Gasteiger charge is 2.54. The lowest BCUT2D eigenvalue weighted by Gasteiger charge is -2.56. The first-order chi connectivity index (χ1) is 10.3. The third-order valence-electron chi connectivity index (χ3n) is 4.17. The van der Waals surface area contributed by atoms with Crippen molar-refractivity contribution >= 4 is 6.09 Å². The van der Waals surface area contributed by atoms with Gasteiger partial charge in [0.15, 0.2) is 0 Å². The van der Waals surface area contributed by atoms with Crippen LogP contribution in [0.2, 0.25) is 0 Å². The molecule has 122 valence electrons. The first kappa shape index (κ1) is 16.8. The lowest BCUT2D eigenvalue weighted by Crippen LogP contribution is -2.68. The third-order valence-corrected chi connectivity index (χ3v) is 4.17. The monoisotopic (exact) mass is 307 g/mol. The number of hydrogen-bond donors (Lipinski definition) is 2. The van der Waals surface area contributed by atoms with Gasteiger partial charge in [0.2, 0.25) is 0 Å². The maximum atomic E-state index is 11.6. The molecule has 2 rings (SSSR count). The Morgan fingerprint density at radius 2 is 1.91 bits per heavy atom. The van der Waals surface area contributed by atoms with E-state index in [2.05, 4.69) is 0 Å². The predicted molar refractivity (Wildman–Crippen MR) is 83.7 cm³/mol. The molecular weight excluding hydrogens is 282 g/mol. The highest BCUT2D eigenvalue weighted by molar-refractivity contribution is 5.67. The third kappa shape index (κ3) is 3.42. The summed E-state index contributed by atoms with van der Waals surface area (Å²) in [5, 5.41) is 19.3. The van der Waals surface area contributed by atoms with Gasteiger partial charge >= 0.3 is 6.09 Å². The Bertz CT molecular complexity index is 503. The second kappa shape index (κ2) is 6.26. The number of rotatable bonds is 5. The fraction of sp³-hybridized carbons (Fsp3) is 0.588. The Labute approximate surface area is 131 Å². The smallest absolute Gasteiger partial charge is 0.408 e. The van der Waals surface area contributed by atoms with Crippen molar-refractivity contribution < 1.29 is 19.7 Å². The summed E-state index contributed by atoms with van der Waals surface area (Å²) in [6, 6.07) is 9.87. The molecule has 0 unspecified atom stereocenters. The van der Waals surface area contributed by atoms with E-state index in [1.54, 1.807) is 0 Å². The standard InChI is InChI=1S/C17H25NO4/c1-16(2,3)18(15(20)21)17(12-19)9-14(10-17)22-11-13-7-5-4-6-8-13/h4-8,14,19H,9-12H2,1-3H3,(H,20,21). The number of aliphatic hydroxyl groups excluding tert-OH is 1. The van der Waals surface area contributed by atoms with Crippen molar-refractivity contribution in [3.8, 4) is 0 Å². The average molecular weight is 307 g/mol. The van der Waals surface area contributed by atoms with E-state index in [1.807, 2.05) is 51.1 Å². The van der Waals surface area contributed by atoms with Crippen LogP contribution in [0.4, 0.5) is 4.79 Å². The fourth-order valence-electron chi connectivity index (χ4n) is 3.28. The van der Waals surface area contributed by atoms with Gasteiger partial charge in [-0.25, -0.2) is 4.79 Å². The lowest BCUT2D eigenvalue weighted by atomic mass is 9.71. The van der Waals surface area contributed by atoms with Crippen LogP contribution in [-0.4, -0.2) is 45.0 Å². The predicted octanol–water partition coefficient (Wildman–Crippen LogP) is 2.88. The van der Waals surface area contributed by atoms with Gasteiger partial charge in [-0.05, 0) is 39.2 Å². The highest BCUT2D eigenvalue weighted by atomic mass is 16.5. The van der Waals surface area contributed by atoms with Crippen LogP contribution in [-0.2, 0) is 11.3 Å². The number of amides is 1. The molecule has 5 nitrogen and oxygen atoms in total. The van der Waals surface area contributed by atoms with E-state index in [1.165, 1.54) is 4.90 Å². The van der Waals surface area contributed by atoms with Gasteiger partial charge in [0.25, 0.3) is 0 Å². The zero-order valence-electron chi connectivity index (χ0n) is 13.5. The summed E-state index contributed by atoms with van der Waals surface area (Å²) >= 11 is 0.